The molecule has 2 bridgehead atoms. The van der Waals surface area contributed by atoms with E-state index in [1.165, 1.54) is 44.9 Å². The van der Waals surface area contributed by atoms with Crippen molar-refractivity contribution in [3.05, 3.63) is 41.1 Å². The van der Waals surface area contributed by atoms with Gasteiger partial charge in [-0.15, -0.1) is 0 Å². The second-order valence-electron chi connectivity index (χ2n) is 15.8. The van der Waals surface area contributed by atoms with Crippen LogP contribution in [-0.4, -0.2) is 42.4 Å². The van der Waals surface area contributed by atoms with Crippen LogP contribution in [0.5, 0.6) is 17.2 Å². The number of hydrogen-bond donors (Lipinski definition) is 2. The molecule has 6 atom stereocenters. The van der Waals surface area contributed by atoms with Crippen LogP contribution < -0.4 is 19.4 Å². The number of methoxy groups -OCH3 is 1. The quantitative estimate of drug-likeness (QED) is 0.166. The zero-order valence-corrected chi connectivity index (χ0v) is 27.2. The Morgan fingerprint density at radius 3 is 2.65 bits per heavy atom. The number of rotatable bonds is 5. The zero-order valence-electron chi connectivity index (χ0n) is 27.2. The lowest BCUT2D eigenvalue weighted by Gasteiger charge is -2.64. The number of nitrogens with zero attached hydrogens (tertiary/aromatic N) is 1. The predicted molar refractivity (Wildman–Crippen MR) is 173 cm³/mol. The van der Waals surface area contributed by atoms with E-state index in [1.807, 2.05) is 12.1 Å². The summed E-state index contributed by atoms with van der Waals surface area (Å²) < 4.78 is 23.1. The number of ether oxygens (including phenoxy) is 4. The van der Waals surface area contributed by atoms with Crippen LogP contribution >= 0.6 is 0 Å². The standard InChI is InChI=1S/C37H44NO8/c1-34(2)12-6-13-35(3)28(34)11-14-36-17-21(9-10-29(35)36)37(40,18-36)19-44-33(39)24-16-27-32(46-20-45-27)31-22-7-5-8-26(43-4)23(22)15-25(30(24)31)38(41)42/h5,7-8,15-16,21,28-29,40-41H,6,9-14,17-20H2,1-4H3/q-1/t21-,28-,29+,35-,36+,37+/m1/s1. The molecular formula is C37H44NO8-. The number of carbonyl (C=O) groups is 1. The fourth-order valence-corrected chi connectivity index (χ4v) is 11.6. The smallest absolute Gasteiger partial charge is 0.339 e. The van der Waals surface area contributed by atoms with Crippen molar-refractivity contribution >= 4 is 33.2 Å². The third kappa shape index (κ3) is 4.13. The third-order valence-electron chi connectivity index (χ3n) is 13.3. The Hall–Kier alpha value is -3.27. The molecule has 4 aliphatic carbocycles. The van der Waals surface area contributed by atoms with Gasteiger partial charge in [-0.2, -0.15) is 0 Å². The first kappa shape index (κ1) is 30.1. The van der Waals surface area contributed by atoms with Gasteiger partial charge in [-0.3, -0.25) is 5.21 Å². The number of benzene rings is 3. The van der Waals surface area contributed by atoms with E-state index in [1.54, 1.807) is 6.07 Å². The predicted octanol–water partition coefficient (Wildman–Crippen LogP) is 7.74. The molecular weight excluding hydrogens is 586 g/mol. The average molecular weight is 631 g/mol. The van der Waals surface area contributed by atoms with Gasteiger partial charge in [0.05, 0.1) is 18.4 Å². The Labute approximate surface area is 269 Å². The Bertz CT molecular complexity index is 1750. The van der Waals surface area contributed by atoms with Crippen molar-refractivity contribution in [2.24, 2.45) is 34.0 Å². The Kier molecular flexibility index (Phi) is 6.62. The molecule has 1 aliphatic heterocycles. The van der Waals surface area contributed by atoms with Crippen molar-refractivity contribution in [2.45, 2.75) is 84.2 Å². The first-order chi connectivity index (χ1) is 21.9. The van der Waals surface area contributed by atoms with Gasteiger partial charge in [0.15, 0.2) is 11.5 Å². The molecule has 46 heavy (non-hydrogen) atoms. The maximum atomic E-state index is 14.0. The molecule has 0 unspecified atom stereocenters. The number of carbonyl (C=O) groups excluding carboxylic acids is 1. The summed E-state index contributed by atoms with van der Waals surface area (Å²) in [7, 11) is 1.52. The molecule has 4 saturated carbocycles. The van der Waals surface area contributed by atoms with E-state index in [0.717, 1.165) is 25.7 Å². The molecule has 0 radical (unpaired) electrons. The van der Waals surface area contributed by atoms with E-state index in [9.17, 15) is 20.3 Å². The molecule has 0 saturated heterocycles. The summed E-state index contributed by atoms with van der Waals surface area (Å²) in [6, 6.07) is 8.41. The lowest BCUT2D eigenvalue weighted by Crippen LogP contribution is -2.55. The normalized spacial score (nSPS) is 33.8. The SMILES string of the molecule is COc1cccc2c1cc(N([O-])O)c1c(C(=O)OC[C@@]3(O)C[C@@]45CC[C@@H]6C(C)(C)CCC[C@@]6(C)[C@@H]4CC[C@@H]3C5)cc3c(c12)OCO3. The largest absolute Gasteiger partial charge is 0.733 e. The van der Waals surface area contributed by atoms with Crippen LogP contribution in [0.3, 0.4) is 0 Å². The van der Waals surface area contributed by atoms with Crippen LogP contribution in [0.1, 0.15) is 88.9 Å². The highest BCUT2D eigenvalue weighted by molar-refractivity contribution is 6.23. The maximum absolute atomic E-state index is 14.0. The molecule has 9 nitrogen and oxygen atoms in total. The summed E-state index contributed by atoms with van der Waals surface area (Å²) in [5.41, 5.74) is -0.517. The molecule has 5 aliphatic rings. The highest BCUT2D eigenvalue weighted by Crippen LogP contribution is 2.73. The third-order valence-corrected chi connectivity index (χ3v) is 13.3. The van der Waals surface area contributed by atoms with Gasteiger partial charge in [0, 0.05) is 16.2 Å². The van der Waals surface area contributed by atoms with Gasteiger partial charge < -0.3 is 34.5 Å². The number of hydrogen-bond acceptors (Lipinski definition) is 9. The van der Waals surface area contributed by atoms with Crippen molar-refractivity contribution in [2.75, 3.05) is 25.7 Å². The van der Waals surface area contributed by atoms with E-state index >= 15 is 0 Å². The first-order valence-corrected chi connectivity index (χ1v) is 16.8. The van der Waals surface area contributed by atoms with Gasteiger partial charge in [-0.1, -0.05) is 39.3 Å². The molecule has 2 N–H and O–H groups in total. The van der Waals surface area contributed by atoms with Crippen molar-refractivity contribution in [1.82, 2.24) is 0 Å². The molecule has 1 spiro atoms. The topological polar surface area (TPSA) is 121 Å². The molecule has 3 aromatic carbocycles. The number of anilines is 1. The molecule has 246 valence electrons. The molecule has 4 fully saturated rings. The minimum atomic E-state index is -1.12. The molecule has 1 heterocycles. The first-order valence-electron chi connectivity index (χ1n) is 16.8. The second kappa shape index (κ2) is 10.1. The van der Waals surface area contributed by atoms with Crippen LogP contribution in [-0.2, 0) is 4.74 Å². The summed E-state index contributed by atoms with van der Waals surface area (Å²) in [4.78, 5) is 14.0. The van der Waals surface area contributed by atoms with Gasteiger partial charge in [-0.25, -0.2) is 4.79 Å². The van der Waals surface area contributed by atoms with Gasteiger partial charge in [0.2, 0.25) is 6.79 Å². The lowest BCUT2D eigenvalue weighted by atomic mass is 9.41. The zero-order chi connectivity index (χ0) is 32.2. The minimum absolute atomic E-state index is 0.0551. The van der Waals surface area contributed by atoms with Crippen LogP contribution in [0, 0.1) is 39.2 Å². The maximum Gasteiger partial charge on any atom is 0.339 e. The Balaban J connectivity index is 1.14. The number of esters is 1. The van der Waals surface area contributed by atoms with Crippen molar-refractivity contribution < 1.29 is 34.1 Å². The van der Waals surface area contributed by atoms with E-state index in [-0.39, 0.29) is 52.0 Å². The minimum Gasteiger partial charge on any atom is -0.733 e. The van der Waals surface area contributed by atoms with Crippen molar-refractivity contribution in [3.8, 4) is 17.2 Å². The summed E-state index contributed by atoms with van der Waals surface area (Å²) >= 11 is 0. The molecule has 9 heteroatoms. The van der Waals surface area contributed by atoms with Crippen molar-refractivity contribution in [3.63, 3.8) is 0 Å². The summed E-state index contributed by atoms with van der Waals surface area (Å²) in [5.74, 6) is 1.85. The Morgan fingerprint density at radius 2 is 1.87 bits per heavy atom. The highest BCUT2D eigenvalue weighted by Gasteiger charge is 2.67. The van der Waals surface area contributed by atoms with Gasteiger partial charge >= 0.3 is 5.97 Å². The summed E-state index contributed by atoms with van der Waals surface area (Å²) in [5, 5.41) is 36.7. The molecule has 8 rings (SSSR count). The summed E-state index contributed by atoms with van der Waals surface area (Å²) in [6.07, 6.45) is 9.80. The van der Waals surface area contributed by atoms with Crippen LogP contribution in [0.2, 0.25) is 0 Å². The Morgan fingerprint density at radius 1 is 1.04 bits per heavy atom. The van der Waals surface area contributed by atoms with E-state index in [4.69, 9.17) is 18.9 Å². The van der Waals surface area contributed by atoms with Crippen LogP contribution in [0.4, 0.5) is 5.69 Å². The van der Waals surface area contributed by atoms with E-state index in [2.05, 4.69) is 20.8 Å². The lowest BCUT2D eigenvalue weighted by molar-refractivity contribution is -0.145. The summed E-state index contributed by atoms with van der Waals surface area (Å²) in [6.45, 7) is 7.26. The average Bonchev–Trinajstić information content (AvgIpc) is 3.57. The highest BCUT2D eigenvalue weighted by atomic mass is 16.8. The molecule has 0 amide bonds. The van der Waals surface area contributed by atoms with E-state index < -0.39 is 11.6 Å². The fraction of sp³-hybridized carbons (Fsp3) is 0.595. The fourth-order valence-electron chi connectivity index (χ4n) is 11.6. The van der Waals surface area contributed by atoms with Gasteiger partial charge in [0.25, 0.3) is 0 Å². The van der Waals surface area contributed by atoms with Crippen molar-refractivity contribution in [1.29, 1.82) is 0 Å². The van der Waals surface area contributed by atoms with Gasteiger partial charge in [0.1, 0.15) is 18.0 Å². The number of fused-ring (bicyclic) bond motifs is 8. The monoisotopic (exact) mass is 630 g/mol. The molecule has 3 aromatic rings. The molecule has 0 aromatic heterocycles. The second-order valence-corrected chi connectivity index (χ2v) is 15.8. The number of aliphatic hydroxyl groups is 1. The van der Waals surface area contributed by atoms with E-state index in [0.29, 0.717) is 57.1 Å². The van der Waals surface area contributed by atoms with Gasteiger partial charge in [-0.05, 0) is 109 Å². The van der Waals surface area contributed by atoms with Crippen LogP contribution in [0.15, 0.2) is 30.3 Å². The van der Waals surface area contributed by atoms with Crippen LogP contribution in [0.25, 0.3) is 21.5 Å².